The first-order valence-corrected chi connectivity index (χ1v) is 8.09. The Kier molecular flexibility index (Phi) is 5.85. The van der Waals surface area contributed by atoms with E-state index in [9.17, 15) is 9.59 Å². The number of aliphatic carboxylic acids is 1. The van der Waals surface area contributed by atoms with E-state index in [1.54, 1.807) is 26.0 Å². The van der Waals surface area contributed by atoms with E-state index in [-0.39, 0.29) is 25.0 Å². The zero-order valence-corrected chi connectivity index (χ0v) is 14.9. The van der Waals surface area contributed by atoms with Gasteiger partial charge in [-0.1, -0.05) is 17.7 Å². The largest absolute Gasteiger partial charge is 0.485 e. The zero-order chi connectivity index (χ0) is 18.6. The van der Waals surface area contributed by atoms with E-state index in [0.29, 0.717) is 5.76 Å². The van der Waals surface area contributed by atoms with Crippen molar-refractivity contribution in [3.63, 3.8) is 0 Å². The van der Waals surface area contributed by atoms with Crippen LogP contribution in [-0.4, -0.2) is 34.5 Å². The SMILES string of the molecule is Cc1ccc(OCc2ccc(C(=O)N(CC(=O)O)C(C)C)o2)c(C)c1. The molecule has 6 heteroatoms. The number of benzene rings is 1. The lowest BCUT2D eigenvalue weighted by Gasteiger charge is -2.23. The van der Waals surface area contributed by atoms with Crippen LogP contribution in [0.2, 0.25) is 0 Å². The molecule has 25 heavy (non-hydrogen) atoms. The van der Waals surface area contributed by atoms with Crippen LogP contribution in [0, 0.1) is 13.8 Å². The van der Waals surface area contributed by atoms with Crippen LogP contribution >= 0.6 is 0 Å². The number of aryl methyl sites for hydroxylation is 2. The van der Waals surface area contributed by atoms with Gasteiger partial charge in [0.15, 0.2) is 5.76 Å². The van der Waals surface area contributed by atoms with Gasteiger partial charge in [-0.25, -0.2) is 0 Å². The van der Waals surface area contributed by atoms with Crippen molar-refractivity contribution in [1.82, 2.24) is 4.90 Å². The van der Waals surface area contributed by atoms with Gasteiger partial charge in [0.05, 0.1) is 0 Å². The maximum absolute atomic E-state index is 12.4. The van der Waals surface area contributed by atoms with Crippen molar-refractivity contribution in [2.75, 3.05) is 6.54 Å². The molecule has 0 radical (unpaired) electrons. The van der Waals surface area contributed by atoms with Crippen molar-refractivity contribution < 1.29 is 23.8 Å². The van der Waals surface area contributed by atoms with E-state index < -0.39 is 11.9 Å². The minimum Gasteiger partial charge on any atom is -0.485 e. The Labute approximate surface area is 147 Å². The summed E-state index contributed by atoms with van der Waals surface area (Å²) in [5, 5.41) is 8.95. The molecule has 2 aromatic rings. The van der Waals surface area contributed by atoms with Gasteiger partial charge in [-0.05, 0) is 51.5 Å². The predicted molar refractivity (Wildman–Crippen MR) is 92.8 cm³/mol. The minimum absolute atomic E-state index is 0.106. The number of carbonyl (C=O) groups excluding carboxylic acids is 1. The highest BCUT2D eigenvalue weighted by atomic mass is 16.5. The molecule has 0 aliphatic rings. The minimum atomic E-state index is -1.06. The van der Waals surface area contributed by atoms with Crippen LogP contribution in [0.3, 0.4) is 0 Å². The van der Waals surface area contributed by atoms with Crippen LogP contribution in [0.1, 0.15) is 41.3 Å². The lowest BCUT2D eigenvalue weighted by molar-refractivity contribution is -0.138. The summed E-state index contributed by atoms with van der Waals surface area (Å²) in [5.74, 6) is -0.150. The van der Waals surface area contributed by atoms with Gasteiger partial charge < -0.3 is 19.2 Å². The Hall–Kier alpha value is -2.76. The summed E-state index contributed by atoms with van der Waals surface area (Å²) in [6, 6.07) is 8.84. The van der Waals surface area contributed by atoms with Crippen LogP contribution < -0.4 is 4.74 Å². The first-order valence-electron chi connectivity index (χ1n) is 8.09. The third-order valence-electron chi connectivity index (χ3n) is 3.76. The summed E-state index contributed by atoms with van der Waals surface area (Å²) in [6.45, 7) is 7.32. The molecule has 0 unspecified atom stereocenters. The molecule has 1 amide bonds. The quantitative estimate of drug-likeness (QED) is 0.832. The fourth-order valence-corrected chi connectivity index (χ4v) is 2.46. The second kappa shape index (κ2) is 7.88. The number of carboxylic acid groups (broad SMARTS) is 1. The number of carboxylic acids is 1. The standard InChI is InChI=1S/C19H23NO5/c1-12(2)20(10-18(21)22)19(23)17-8-6-15(25-17)11-24-16-7-5-13(3)9-14(16)4/h5-9,12H,10-11H2,1-4H3,(H,21,22). The average Bonchev–Trinajstić information content (AvgIpc) is 2.99. The molecule has 0 saturated carbocycles. The van der Waals surface area contributed by atoms with Gasteiger partial charge in [-0.2, -0.15) is 0 Å². The van der Waals surface area contributed by atoms with E-state index in [0.717, 1.165) is 16.9 Å². The predicted octanol–water partition coefficient (Wildman–Crippen LogP) is 3.41. The van der Waals surface area contributed by atoms with E-state index >= 15 is 0 Å². The third-order valence-corrected chi connectivity index (χ3v) is 3.76. The van der Waals surface area contributed by atoms with Crippen molar-refractivity contribution in [3.8, 4) is 5.75 Å². The highest BCUT2D eigenvalue weighted by Crippen LogP contribution is 2.21. The number of amides is 1. The molecule has 1 aromatic carbocycles. The number of hydrogen-bond donors (Lipinski definition) is 1. The highest BCUT2D eigenvalue weighted by Gasteiger charge is 2.24. The third kappa shape index (κ3) is 4.86. The molecule has 1 heterocycles. The fraction of sp³-hybridized carbons (Fsp3) is 0.368. The molecule has 0 fully saturated rings. The molecular weight excluding hydrogens is 322 g/mol. The molecule has 0 atom stereocenters. The second-order valence-electron chi connectivity index (χ2n) is 6.24. The normalized spacial score (nSPS) is 10.8. The molecule has 0 aliphatic heterocycles. The van der Waals surface area contributed by atoms with Gasteiger partial charge in [0, 0.05) is 6.04 Å². The molecule has 0 bridgehead atoms. The van der Waals surface area contributed by atoms with Crippen molar-refractivity contribution >= 4 is 11.9 Å². The van der Waals surface area contributed by atoms with Crippen LogP contribution in [0.5, 0.6) is 5.75 Å². The molecule has 6 nitrogen and oxygen atoms in total. The smallest absolute Gasteiger partial charge is 0.323 e. The average molecular weight is 345 g/mol. The first kappa shape index (κ1) is 18.6. The van der Waals surface area contributed by atoms with Gasteiger partial charge >= 0.3 is 5.97 Å². The Morgan fingerprint density at radius 1 is 1.20 bits per heavy atom. The zero-order valence-electron chi connectivity index (χ0n) is 14.9. The Morgan fingerprint density at radius 3 is 2.52 bits per heavy atom. The molecule has 1 aromatic heterocycles. The van der Waals surface area contributed by atoms with Gasteiger partial charge in [-0.15, -0.1) is 0 Å². The maximum Gasteiger partial charge on any atom is 0.323 e. The number of ether oxygens (including phenoxy) is 1. The second-order valence-corrected chi connectivity index (χ2v) is 6.24. The lowest BCUT2D eigenvalue weighted by Crippen LogP contribution is -2.40. The number of furan rings is 1. The van der Waals surface area contributed by atoms with Gasteiger partial charge in [0.1, 0.15) is 24.7 Å². The fourth-order valence-electron chi connectivity index (χ4n) is 2.46. The molecule has 0 saturated heterocycles. The van der Waals surface area contributed by atoms with Crippen LogP contribution in [0.25, 0.3) is 0 Å². The van der Waals surface area contributed by atoms with E-state index in [4.69, 9.17) is 14.3 Å². The van der Waals surface area contributed by atoms with Crippen molar-refractivity contribution in [2.24, 2.45) is 0 Å². The molecule has 2 rings (SSSR count). The van der Waals surface area contributed by atoms with Gasteiger partial charge in [0.25, 0.3) is 5.91 Å². The molecule has 1 N–H and O–H groups in total. The van der Waals surface area contributed by atoms with Crippen molar-refractivity contribution in [1.29, 1.82) is 0 Å². The Morgan fingerprint density at radius 2 is 1.92 bits per heavy atom. The van der Waals surface area contributed by atoms with E-state index in [1.807, 2.05) is 32.0 Å². The highest BCUT2D eigenvalue weighted by molar-refractivity contribution is 5.93. The number of carbonyl (C=O) groups is 2. The molecule has 134 valence electrons. The molecule has 0 aliphatic carbocycles. The van der Waals surface area contributed by atoms with E-state index in [2.05, 4.69) is 0 Å². The van der Waals surface area contributed by atoms with E-state index in [1.165, 1.54) is 4.90 Å². The number of nitrogens with zero attached hydrogens (tertiary/aromatic N) is 1. The van der Waals surface area contributed by atoms with Crippen LogP contribution in [0.4, 0.5) is 0 Å². The summed E-state index contributed by atoms with van der Waals surface area (Å²) in [5.41, 5.74) is 2.18. The summed E-state index contributed by atoms with van der Waals surface area (Å²) in [4.78, 5) is 24.6. The topological polar surface area (TPSA) is 80.0 Å². The van der Waals surface area contributed by atoms with Crippen LogP contribution in [0.15, 0.2) is 34.7 Å². The monoisotopic (exact) mass is 345 g/mol. The summed E-state index contributed by atoms with van der Waals surface area (Å²) in [6.07, 6.45) is 0. The van der Waals surface area contributed by atoms with Crippen molar-refractivity contribution in [3.05, 3.63) is 53.0 Å². The number of hydrogen-bond acceptors (Lipinski definition) is 4. The first-order chi connectivity index (χ1) is 11.8. The number of rotatable bonds is 7. The molecule has 0 spiro atoms. The Balaban J connectivity index is 2.05. The lowest BCUT2D eigenvalue weighted by atomic mass is 10.1. The summed E-state index contributed by atoms with van der Waals surface area (Å²) in [7, 11) is 0. The summed E-state index contributed by atoms with van der Waals surface area (Å²) >= 11 is 0. The Bertz CT molecular complexity index is 763. The summed E-state index contributed by atoms with van der Waals surface area (Å²) < 4.78 is 11.3. The maximum atomic E-state index is 12.4. The van der Waals surface area contributed by atoms with Crippen molar-refractivity contribution in [2.45, 2.75) is 40.3 Å². The van der Waals surface area contributed by atoms with Crippen LogP contribution in [-0.2, 0) is 11.4 Å². The molecular formula is C19H23NO5. The van der Waals surface area contributed by atoms with Gasteiger partial charge in [0.2, 0.25) is 0 Å². The van der Waals surface area contributed by atoms with Gasteiger partial charge in [-0.3, -0.25) is 9.59 Å².